The van der Waals surface area contributed by atoms with Gasteiger partial charge in [0.1, 0.15) is 0 Å². The van der Waals surface area contributed by atoms with Crippen LogP contribution in [0, 0.1) is 0 Å². The Hall–Kier alpha value is -0.770. The molecular formula is C17H29ClN2O. The molecule has 1 rings (SSSR count). The fourth-order valence-electron chi connectivity index (χ4n) is 2.76. The van der Waals surface area contributed by atoms with Gasteiger partial charge in [0.2, 0.25) is 0 Å². The van der Waals surface area contributed by atoms with Gasteiger partial charge in [-0.3, -0.25) is 0 Å². The van der Waals surface area contributed by atoms with Crippen LogP contribution in [0.25, 0.3) is 0 Å². The predicted octanol–water partition coefficient (Wildman–Crippen LogP) is 3.87. The predicted molar refractivity (Wildman–Crippen MR) is 92.4 cm³/mol. The average Bonchev–Trinajstić information content (AvgIpc) is 2.44. The molecule has 0 aliphatic heterocycles. The maximum Gasteiger partial charge on any atom is 0.0637 e. The van der Waals surface area contributed by atoms with E-state index in [9.17, 15) is 0 Å². The van der Waals surface area contributed by atoms with Gasteiger partial charge in [0.25, 0.3) is 0 Å². The summed E-state index contributed by atoms with van der Waals surface area (Å²) in [6, 6.07) is 6.75. The van der Waals surface area contributed by atoms with Gasteiger partial charge < -0.3 is 15.4 Å². The van der Waals surface area contributed by atoms with E-state index < -0.39 is 0 Å². The number of halogens is 1. The highest BCUT2D eigenvalue weighted by molar-refractivity contribution is 6.30. The molecule has 21 heavy (non-hydrogen) atoms. The van der Waals surface area contributed by atoms with E-state index in [-0.39, 0.29) is 6.04 Å². The summed E-state index contributed by atoms with van der Waals surface area (Å²) in [7, 11) is 1.75. The number of methoxy groups -OCH3 is 1. The van der Waals surface area contributed by atoms with E-state index in [1.54, 1.807) is 7.11 Å². The molecule has 1 aromatic rings. The van der Waals surface area contributed by atoms with Crippen molar-refractivity contribution in [2.75, 3.05) is 25.2 Å². The molecular weight excluding hydrogens is 284 g/mol. The van der Waals surface area contributed by atoms with Gasteiger partial charge in [-0.05, 0) is 49.9 Å². The molecule has 0 aromatic heterocycles. The minimum atomic E-state index is 0.119. The van der Waals surface area contributed by atoms with Crippen LogP contribution in [0.4, 0.5) is 5.69 Å². The number of rotatable bonds is 9. The highest BCUT2D eigenvalue weighted by atomic mass is 35.5. The Labute approximate surface area is 134 Å². The summed E-state index contributed by atoms with van der Waals surface area (Å²) >= 11 is 6.17. The van der Waals surface area contributed by atoms with Gasteiger partial charge in [-0.2, -0.15) is 0 Å². The normalized spacial score (nSPS) is 12.7. The third-order valence-corrected chi connectivity index (χ3v) is 4.05. The van der Waals surface area contributed by atoms with Crippen LogP contribution >= 0.6 is 11.6 Å². The number of hydrogen-bond acceptors (Lipinski definition) is 3. The summed E-state index contributed by atoms with van der Waals surface area (Å²) < 4.78 is 5.29. The topological polar surface area (TPSA) is 38.5 Å². The standard InChI is InChI=1S/C17H29ClN2O/c1-5-16(6-2)20(9-10-21-4)17-8-7-15(18)12-14(17)11-13(3)19/h7-8,12-13,16H,5-6,9-11,19H2,1-4H3. The molecule has 1 atom stereocenters. The lowest BCUT2D eigenvalue weighted by Crippen LogP contribution is -2.38. The van der Waals surface area contributed by atoms with Crippen LogP contribution in [0.1, 0.15) is 39.2 Å². The minimum absolute atomic E-state index is 0.119. The molecule has 1 aromatic carbocycles. The highest BCUT2D eigenvalue weighted by Gasteiger charge is 2.19. The summed E-state index contributed by atoms with van der Waals surface area (Å²) in [5, 5.41) is 0.769. The quantitative estimate of drug-likeness (QED) is 0.752. The van der Waals surface area contributed by atoms with Crippen molar-refractivity contribution in [3.8, 4) is 0 Å². The molecule has 3 nitrogen and oxygen atoms in total. The molecule has 0 bridgehead atoms. The molecule has 2 N–H and O–H groups in total. The first-order chi connectivity index (χ1) is 10.0. The number of ether oxygens (including phenoxy) is 1. The van der Waals surface area contributed by atoms with Crippen molar-refractivity contribution in [1.29, 1.82) is 0 Å². The van der Waals surface area contributed by atoms with E-state index in [0.717, 1.165) is 37.4 Å². The summed E-state index contributed by atoms with van der Waals surface area (Å²) in [5.41, 5.74) is 8.46. The fourth-order valence-corrected chi connectivity index (χ4v) is 2.96. The van der Waals surface area contributed by atoms with Gasteiger partial charge in [-0.25, -0.2) is 0 Å². The zero-order valence-corrected chi connectivity index (χ0v) is 14.5. The van der Waals surface area contributed by atoms with Gasteiger partial charge in [-0.1, -0.05) is 25.4 Å². The van der Waals surface area contributed by atoms with Gasteiger partial charge in [0.15, 0.2) is 0 Å². The van der Waals surface area contributed by atoms with Crippen LogP contribution in [-0.2, 0) is 11.2 Å². The number of hydrogen-bond donors (Lipinski definition) is 1. The van der Waals surface area contributed by atoms with Crippen LogP contribution in [0.3, 0.4) is 0 Å². The monoisotopic (exact) mass is 312 g/mol. The lowest BCUT2D eigenvalue weighted by Gasteiger charge is -2.34. The van der Waals surface area contributed by atoms with Gasteiger partial charge >= 0.3 is 0 Å². The summed E-state index contributed by atoms with van der Waals surface area (Å²) in [6.45, 7) is 8.10. The van der Waals surface area contributed by atoms with E-state index in [1.165, 1.54) is 11.3 Å². The van der Waals surface area contributed by atoms with Crippen molar-refractivity contribution in [2.45, 2.75) is 52.1 Å². The van der Waals surface area contributed by atoms with Crippen molar-refractivity contribution in [1.82, 2.24) is 0 Å². The third kappa shape index (κ3) is 5.50. The van der Waals surface area contributed by atoms with Crippen molar-refractivity contribution in [3.63, 3.8) is 0 Å². The van der Waals surface area contributed by atoms with Crippen LogP contribution in [0.15, 0.2) is 18.2 Å². The molecule has 120 valence electrons. The fraction of sp³-hybridized carbons (Fsp3) is 0.647. The number of nitrogens with zero attached hydrogens (tertiary/aromatic N) is 1. The second-order valence-corrected chi connectivity index (χ2v) is 6.05. The average molecular weight is 313 g/mol. The van der Waals surface area contributed by atoms with E-state index in [4.69, 9.17) is 22.1 Å². The smallest absolute Gasteiger partial charge is 0.0637 e. The first-order valence-corrected chi connectivity index (χ1v) is 8.20. The maximum absolute atomic E-state index is 6.17. The first-order valence-electron chi connectivity index (χ1n) is 7.83. The van der Waals surface area contributed by atoms with Gasteiger partial charge in [0.05, 0.1) is 6.61 Å². The molecule has 1 unspecified atom stereocenters. The Bertz CT molecular complexity index is 419. The van der Waals surface area contributed by atoms with Crippen LogP contribution < -0.4 is 10.6 Å². The lowest BCUT2D eigenvalue weighted by molar-refractivity contribution is 0.202. The van der Waals surface area contributed by atoms with Crippen LogP contribution in [0.2, 0.25) is 5.02 Å². The maximum atomic E-state index is 6.17. The zero-order chi connectivity index (χ0) is 15.8. The molecule has 0 amide bonds. The summed E-state index contributed by atoms with van der Waals surface area (Å²) in [4.78, 5) is 2.44. The van der Waals surface area contributed by atoms with Crippen LogP contribution in [0.5, 0.6) is 0 Å². The molecule has 0 saturated carbocycles. The van der Waals surface area contributed by atoms with Crippen molar-refractivity contribution in [3.05, 3.63) is 28.8 Å². The second kappa shape index (κ2) is 9.29. The van der Waals surface area contributed by atoms with E-state index in [2.05, 4.69) is 24.8 Å². The lowest BCUT2D eigenvalue weighted by atomic mass is 10.0. The van der Waals surface area contributed by atoms with Gasteiger partial charge in [0, 0.05) is 36.4 Å². The second-order valence-electron chi connectivity index (χ2n) is 5.61. The number of nitrogens with two attached hydrogens (primary N) is 1. The Morgan fingerprint density at radius 2 is 1.95 bits per heavy atom. The van der Waals surface area contributed by atoms with Crippen LogP contribution in [-0.4, -0.2) is 32.3 Å². The van der Waals surface area contributed by atoms with Gasteiger partial charge in [-0.15, -0.1) is 0 Å². The third-order valence-electron chi connectivity index (χ3n) is 3.81. The van der Waals surface area contributed by atoms with Crippen molar-refractivity contribution in [2.24, 2.45) is 5.73 Å². The Kier molecular flexibility index (Phi) is 8.09. The summed E-state index contributed by atoms with van der Waals surface area (Å²) in [5.74, 6) is 0. The molecule has 0 aliphatic rings. The molecule has 0 heterocycles. The minimum Gasteiger partial charge on any atom is -0.383 e. The molecule has 4 heteroatoms. The Morgan fingerprint density at radius 3 is 2.48 bits per heavy atom. The summed E-state index contributed by atoms with van der Waals surface area (Å²) in [6.07, 6.45) is 3.06. The molecule has 0 aliphatic carbocycles. The molecule has 0 saturated heterocycles. The zero-order valence-electron chi connectivity index (χ0n) is 13.7. The van der Waals surface area contributed by atoms with E-state index >= 15 is 0 Å². The Balaban J connectivity index is 3.15. The Morgan fingerprint density at radius 1 is 1.29 bits per heavy atom. The molecule has 0 radical (unpaired) electrons. The van der Waals surface area contributed by atoms with E-state index in [0.29, 0.717) is 6.04 Å². The van der Waals surface area contributed by atoms with Crippen molar-refractivity contribution < 1.29 is 4.74 Å². The SMILES string of the molecule is CCC(CC)N(CCOC)c1ccc(Cl)cc1CC(C)N. The number of benzene rings is 1. The first kappa shape index (κ1) is 18.3. The van der Waals surface area contributed by atoms with Crippen molar-refractivity contribution >= 4 is 17.3 Å². The highest BCUT2D eigenvalue weighted by Crippen LogP contribution is 2.28. The van der Waals surface area contributed by atoms with E-state index in [1.807, 2.05) is 19.1 Å². The number of anilines is 1. The molecule has 0 fully saturated rings. The molecule has 0 spiro atoms. The largest absolute Gasteiger partial charge is 0.383 e.